The summed E-state index contributed by atoms with van der Waals surface area (Å²) in [4.78, 5) is 4.26. The molecule has 2 rings (SSSR count). The van der Waals surface area contributed by atoms with Gasteiger partial charge >= 0.3 is 0 Å². The number of anilines is 1. The summed E-state index contributed by atoms with van der Waals surface area (Å²) >= 11 is 0. The molecule has 0 bridgehead atoms. The van der Waals surface area contributed by atoms with Gasteiger partial charge in [-0.2, -0.15) is 0 Å². The van der Waals surface area contributed by atoms with Gasteiger partial charge in [-0.3, -0.25) is 4.98 Å². The lowest BCUT2D eigenvalue weighted by molar-refractivity contribution is 0.495. The lowest BCUT2D eigenvalue weighted by atomic mass is 10.1. The standard InChI is InChI=1S/C14H18N2O/c1-11-5-7-13(10-15-11)16-12(2)6-8-14-4-3-9-17-14/h3-5,7,9-10,12,16H,6,8H2,1-2H3. The predicted octanol–water partition coefficient (Wildman–Crippen LogP) is 3.42. The smallest absolute Gasteiger partial charge is 0.103 e. The van der Waals surface area contributed by atoms with Crippen LogP contribution in [-0.4, -0.2) is 11.0 Å². The minimum absolute atomic E-state index is 0.407. The molecule has 0 radical (unpaired) electrons. The average molecular weight is 230 g/mol. The Hall–Kier alpha value is -1.77. The Labute approximate surface area is 102 Å². The molecule has 2 aromatic rings. The van der Waals surface area contributed by atoms with Crippen molar-refractivity contribution in [1.82, 2.24) is 4.98 Å². The van der Waals surface area contributed by atoms with Crippen molar-refractivity contribution < 1.29 is 4.42 Å². The van der Waals surface area contributed by atoms with E-state index in [1.807, 2.05) is 31.3 Å². The van der Waals surface area contributed by atoms with Crippen LogP contribution in [0.5, 0.6) is 0 Å². The van der Waals surface area contributed by atoms with Gasteiger partial charge in [-0.05, 0) is 44.5 Å². The third-order valence-corrected chi connectivity index (χ3v) is 2.73. The Bertz CT molecular complexity index is 434. The first-order chi connectivity index (χ1) is 8.24. The maximum absolute atomic E-state index is 5.31. The fraction of sp³-hybridized carbons (Fsp3) is 0.357. The molecule has 0 amide bonds. The predicted molar refractivity (Wildman–Crippen MR) is 69.1 cm³/mol. The number of nitrogens with one attached hydrogen (secondary N) is 1. The zero-order chi connectivity index (χ0) is 12.1. The van der Waals surface area contributed by atoms with Crippen LogP contribution < -0.4 is 5.32 Å². The molecule has 90 valence electrons. The van der Waals surface area contributed by atoms with Crippen LogP contribution in [0.25, 0.3) is 0 Å². The Kier molecular flexibility index (Phi) is 3.81. The van der Waals surface area contributed by atoms with E-state index < -0.39 is 0 Å². The molecule has 17 heavy (non-hydrogen) atoms. The van der Waals surface area contributed by atoms with Crippen molar-refractivity contribution in [1.29, 1.82) is 0 Å². The summed E-state index contributed by atoms with van der Waals surface area (Å²) in [5.74, 6) is 1.04. The summed E-state index contributed by atoms with van der Waals surface area (Å²) in [6, 6.07) is 8.43. The van der Waals surface area contributed by atoms with Crippen molar-refractivity contribution in [2.75, 3.05) is 5.32 Å². The van der Waals surface area contributed by atoms with Gasteiger partial charge in [0.2, 0.25) is 0 Å². The molecule has 1 unspecified atom stereocenters. The third kappa shape index (κ3) is 3.63. The van der Waals surface area contributed by atoms with Crippen molar-refractivity contribution in [3.63, 3.8) is 0 Å². The van der Waals surface area contributed by atoms with E-state index in [0.29, 0.717) is 6.04 Å². The van der Waals surface area contributed by atoms with Crippen molar-refractivity contribution in [3.05, 3.63) is 48.2 Å². The Morgan fingerprint density at radius 2 is 2.24 bits per heavy atom. The molecule has 0 aromatic carbocycles. The first-order valence-corrected chi connectivity index (χ1v) is 5.95. The van der Waals surface area contributed by atoms with E-state index in [-0.39, 0.29) is 0 Å². The van der Waals surface area contributed by atoms with E-state index in [1.54, 1.807) is 6.26 Å². The van der Waals surface area contributed by atoms with Gasteiger partial charge in [-0.15, -0.1) is 0 Å². The minimum atomic E-state index is 0.407. The van der Waals surface area contributed by atoms with Gasteiger partial charge < -0.3 is 9.73 Å². The van der Waals surface area contributed by atoms with Crippen molar-refractivity contribution in [2.45, 2.75) is 32.7 Å². The first kappa shape index (κ1) is 11.7. The molecule has 2 heterocycles. The number of nitrogens with zero attached hydrogens (tertiary/aromatic N) is 1. The van der Waals surface area contributed by atoms with E-state index in [9.17, 15) is 0 Å². The number of hydrogen-bond acceptors (Lipinski definition) is 3. The maximum atomic E-state index is 5.31. The van der Waals surface area contributed by atoms with Crippen LogP contribution in [0.2, 0.25) is 0 Å². The highest BCUT2D eigenvalue weighted by Crippen LogP contribution is 2.11. The summed E-state index contributed by atoms with van der Waals surface area (Å²) < 4.78 is 5.31. The molecule has 0 aliphatic rings. The molecule has 3 heteroatoms. The number of hydrogen-bond donors (Lipinski definition) is 1. The molecular weight excluding hydrogens is 212 g/mol. The largest absolute Gasteiger partial charge is 0.469 e. The SMILES string of the molecule is Cc1ccc(NC(C)CCc2ccco2)cn1. The quantitative estimate of drug-likeness (QED) is 0.855. The van der Waals surface area contributed by atoms with E-state index >= 15 is 0 Å². The second-order valence-corrected chi connectivity index (χ2v) is 4.35. The highest BCUT2D eigenvalue weighted by atomic mass is 16.3. The lowest BCUT2D eigenvalue weighted by Crippen LogP contribution is -2.16. The van der Waals surface area contributed by atoms with Gasteiger partial charge in [0.15, 0.2) is 0 Å². The Morgan fingerprint density at radius 3 is 2.88 bits per heavy atom. The zero-order valence-corrected chi connectivity index (χ0v) is 10.3. The fourth-order valence-electron chi connectivity index (χ4n) is 1.72. The van der Waals surface area contributed by atoms with Crippen molar-refractivity contribution >= 4 is 5.69 Å². The fourth-order valence-corrected chi connectivity index (χ4v) is 1.72. The molecule has 0 fully saturated rings. The molecular formula is C14H18N2O. The average Bonchev–Trinajstić information content (AvgIpc) is 2.83. The maximum Gasteiger partial charge on any atom is 0.103 e. The van der Waals surface area contributed by atoms with Crippen LogP contribution in [0.4, 0.5) is 5.69 Å². The monoisotopic (exact) mass is 230 g/mol. The third-order valence-electron chi connectivity index (χ3n) is 2.73. The molecule has 3 nitrogen and oxygen atoms in total. The highest BCUT2D eigenvalue weighted by Gasteiger charge is 2.04. The molecule has 0 spiro atoms. The van der Waals surface area contributed by atoms with Crippen molar-refractivity contribution in [3.8, 4) is 0 Å². The number of pyridine rings is 1. The first-order valence-electron chi connectivity index (χ1n) is 5.95. The van der Waals surface area contributed by atoms with E-state index in [2.05, 4.69) is 23.3 Å². The van der Waals surface area contributed by atoms with E-state index in [4.69, 9.17) is 4.42 Å². The Balaban J connectivity index is 1.80. The highest BCUT2D eigenvalue weighted by molar-refractivity contribution is 5.41. The summed E-state index contributed by atoms with van der Waals surface area (Å²) in [6.45, 7) is 4.16. The molecule has 0 saturated heterocycles. The molecule has 0 saturated carbocycles. The molecule has 2 aromatic heterocycles. The number of furan rings is 1. The van der Waals surface area contributed by atoms with E-state index in [0.717, 1.165) is 30.0 Å². The van der Waals surface area contributed by atoms with Crippen LogP contribution in [0.15, 0.2) is 41.1 Å². The van der Waals surface area contributed by atoms with Gasteiger partial charge in [0.1, 0.15) is 5.76 Å². The van der Waals surface area contributed by atoms with Crippen molar-refractivity contribution in [2.24, 2.45) is 0 Å². The number of rotatable bonds is 5. The molecule has 1 atom stereocenters. The topological polar surface area (TPSA) is 38.1 Å². The van der Waals surface area contributed by atoms with Crippen LogP contribution in [0.3, 0.4) is 0 Å². The molecule has 0 aliphatic carbocycles. The molecule has 1 N–H and O–H groups in total. The number of aryl methyl sites for hydroxylation is 2. The van der Waals surface area contributed by atoms with Crippen LogP contribution in [-0.2, 0) is 6.42 Å². The van der Waals surface area contributed by atoms with Gasteiger partial charge in [-0.1, -0.05) is 0 Å². The number of aromatic nitrogens is 1. The lowest BCUT2D eigenvalue weighted by Gasteiger charge is -2.14. The molecule has 0 aliphatic heterocycles. The minimum Gasteiger partial charge on any atom is -0.469 e. The summed E-state index contributed by atoms with van der Waals surface area (Å²) in [7, 11) is 0. The van der Waals surface area contributed by atoms with Crippen LogP contribution in [0, 0.1) is 6.92 Å². The second kappa shape index (κ2) is 5.53. The van der Waals surface area contributed by atoms with Crippen LogP contribution in [0.1, 0.15) is 24.8 Å². The van der Waals surface area contributed by atoms with Gasteiger partial charge in [0, 0.05) is 18.2 Å². The summed E-state index contributed by atoms with van der Waals surface area (Å²) in [5.41, 5.74) is 2.11. The van der Waals surface area contributed by atoms with Gasteiger partial charge in [0.25, 0.3) is 0 Å². The Morgan fingerprint density at radius 1 is 1.35 bits per heavy atom. The van der Waals surface area contributed by atoms with Gasteiger partial charge in [0.05, 0.1) is 18.1 Å². The second-order valence-electron chi connectivity index (χ2n) is 4.35. The summed E-state index contributed by atoms with van der Waals surface area (Å²) in [6.07, 6.45) is 5.60. The summed E-state index contributed by atoms with van der Waals surface area (Å²) in [5, 5.41) is 3.43. The normalized spacial score (nSPS) is 12.4. The zero-order valence-electron chi connectivity index (χ0n) is 10.3. The van der Waals surface area contributed by atoms with Crippen LogP contribution >= 0.6 is 0 Å². The van der Waals surface area contributed by atoms with E-state index in [1.165, 1.54) is 0 Å². The van der Waals surface area contributed by atoms with Gasteiger partial charge in [-0.25, -0.2) is 0 Å².